The molecule has 0 aliphatic carbocycles. The van der Waals surface area contributed by atoms with Crippen molar-refractivity contribution in [2.75, 3.05) is 20.3 Å². The summed E-state index contributed by atoms with van der Waals surface area (Å²) in [6, 6.07) is 20.2. The molecule has 4 aromatic rings. The van der Waals surface area contributed by atoms with Crippen molar-refractivity contribution in [1.82, 2.24) is 14.9 Å². The van der Waals surface area contributed by atoms with Gasteiger partial charge in [-0.2, -0.15) is 0 Å². The van der Waals surface area contributed by atoms with Crippen LogP contribution in [0.1, 0.15) is 47.4 Å². The number of carbonyl (C=O) groups is 1. The van der Waals surface area contributed by atoms with Crippen molar-refractivity contribution in [1.29, 1.82) is 0 Å². The Balaban J connectivity index is 1.27. The van der Waals surface area contributed by atoms with Crippen LogP contribution in [0.3, 0.4) is 0 Å². The van der Waals surface area contributed by atoms with Crippen molar-refractivity contribution >= 4 is 16.9 Å². The van der Waals surface area contributed by atoms with Crippen LogP contribution in [0.2, 0.25) is 0 Å². The minimum absolute atomic E-state index is 0.0818. The molecule has 1 aromatic heterocycles. The molecule has 0 atom stereocenters. The summed E-state index contributed by atoms with van der Waals surface area (Å²) in [5.74, 6) is 1.65. The molecular formula is C32H36FN3O3. The molecule has 0 fully saturated rings. The van der Waals surface area contributed by atoms with E-state index in [9.17, 15) is 9.18 Å². The van der Waals surface area contributed by atoms with Gasteiger partial charge in [-0.15, -0.1) is 6.58 Å². The number of allylic oxidation sites excluding steroid dienone is 1. The van der Waals surface area contributed by atoms with Gasteiger partial charge >= 0.3 is 0 Å². The molecule has 7 heteroatoms. The van der Waals surface area contributed by atoms with E-state index in [1.54, 1.807) is 19.2 Å². The first-order chi connectivity index (χ1) is 19.1. The largest absolute Gasteiger partial charge is 0.493 e. The molecular weight excluding hydrogens is 493 g/mol. The van der Waals surface area contributed by atoms with Crippen LogP contribution >= 0.6 is 0 Å². The first kappa shape index (κ1) is 27.9. The highest BCUT2D eigenvalue weighted by atomic mass is 19.1. The standard InChI is InChI=1S/C32H36FN3O3/c1-3-12-24-18-19-29(30(23-24)38-2)39-22-11-21-36-28-16-9-8-15-27(28)35-31(36)17-5-4-10-20-34-32(37)25-13-6-7-14-26(25)33/h3,6-9,13-16,18-19,23H,1,4-5,10-12,17,20-22H2,2H3,(H,34,37). The molecule has 3 aromatic carbocycles. The number of rotatable bonds is 15. The molecule has 0 saturated heterocycles. The second-order valence-corrected chi connectivity index (χ2v) is 9.39. The number of halogens is 1. The summed E-state index contributed by atoms with van der Waals surface area (Å²) in [4.78, 5) is 17.1. The van der Waals surface area contributed by atoms with Gasteiger partial charge in [0.15, 0.2) is 11.5 Å². The fraction of sp³-hybridized carbons (Fsp3) is 0.312. The lowest BCUT2D eigenvalue weighted by atomic mass is 10.1. The van der Waals surface area contributed by atoms with Crippen LogP contribution in [0.4, 0.5) is 4.39 Å². The topological polar surface area (TPSA) is 65.4 Å². The number of aromatic nitrogens is 2. The number of nitrogens with one attached hydrogen (secondary N) is 1. The molecule has 39 heavy (non-hydrogen) atoms. The Kier molecular flexibility index (Phi) is 10.1. The zero-order chi connectivity index (χ0) is 27.5. The average Bonchev–Trinajstić information content (AvgIpc) is 3.30. The predicted octanol–water partition coefficient (Wildman–Crippen LogP) is 6.52. The van der Waals surface area contributed by atoms with Gasteiger partial charge in [-0.25, -0.2) is 9.37 Å². The molecule has 0 saturated carbocycles. The summed E-state index contributed by atoms with van der Waals surface area (Å²) in [5.41, 5.74) is 3.33. The number of unbranched alkanes of at least 4 members (excludes halogenated alkanes) is 2. The molecule has 204 valence electrons. The minimum atomic E-state index is -0.500. The van der Waals surface area contributed by atoms with Crippen LogP contribution < -0.4 is 14.8 Å². The molecule has 0 aliphatic rings. The van der Waals surface area contributed by atoms with Gasteiger partial charge in [0, 0.05) is 19.5 Å². The van der Waals surface area contributed by atoms with Crippen LogP contribution in [0.15, 0.2) is 79.4 Å². The minimum Gasteiger partial charge on any atom is -0.493 e. The first-order valence-electron chi connectivity index (χ1n) is 13.5. The second kappa shape index (κ2) is 14.1. The number of amides is 1. The fourth-order valence-electron chi connectivity index (χ4n) is 4.62. The molecule has 0 bridgehead atoms. The summed E-state index contributed by atoms with van der Waals surface area (Å²) < 4.78 is 27.6. The highest BCUT2D eigenvalue weighted by Gasteiger charge is 2.12. The number of carbonyl (C=O) groups excluding carboxylic acids is 1. The zero-order valence-corrected chi connectivity index (χ0v) is 22.5. The Morgan fingerprint density at radius 3 is 2.67 bits per heavy atom. The number of hydrogen-bond donors (Lipinski definition) is 1. The van der Waals surface area contributed by atoms with Crippen LogP contribution in [-0.2, 0) is 19.4 Å². The van der Waals surface area contributed by atoms with E-state index in [0.29, 0.717) is 13.2 Å². The highest BCUT2D eigenvalue weighted by molar-refractivity contribution is 5.94. The van der Waals surface area contributed by atoms with Gasteiger partial charge < -0.3 is 19.4 Å². The van der Waals surface area contributed by atoms with Crippen molar-refractivity contribution in [3.8, 4) is 11.5 Å². The fourth-order valence-corrected chi connectivity index (χ4v) is 4.62. The van der Waals surface area contributed by atoms with E-state index in [2.05, 4.69) is 22.5 Å². The van der Waals surface area contributed by atoms with Crippen LogP contribution in [-0.4, -0.2) is 35.7 Å². The number of fused-ring (bicyclic) bond motifs is 1. The Bertz CT molecular complexity index is 1400. The van der Waals surface area contributed by atoms with E-state index in [1.807, 2.05) is 42.5 Å². The van der Waals surface area contributed by atoms with E-state index in [1.165, 1.54) is 12.1 Å². The third kappa shape index (κ3) is 7.47. The summed E-state index contributed by atoms with van der Waals surface area (Å²) in [5, 5.41) is 2.81. The average molecular weight is 530 g/mol. The van der Waals surface area contributed by atoms with E-state index >= 15 is 0 Å². The highest BCUT2D eigenvalue weighted by Crippen LogP contribution is 2.28. The van der Waals surface area contributed by atoms with Crippen LogP contribution in [0, 0.1) is 5.82 Å². The van der Waals surface area contributed by atoms with Crippen molar-refractivity contribution < 1.29 is 18.7 Å². The number of ether oxygens (including phenoxy) is 2. The number of aryl methyl sites for hydroxylation is 2. The van der Waals surface area contributed by atoms with Crippen LogP contribution in [0.5, 0.6) is 11.5 Å². The molecule has 0 unspecified atom stereocenters. The lowest BCUT2D eigenvalue weighted by Gasteiger charge is -2.13. The van der Waals surface area contributed by atoms with Gasteiger partial charge in [-0.05, 0) is 67.6 Å². The monoisotopic (exact) mass is 529 g/mol. The van der Waals surface area contributed by atoms with Crippen LogP contribution in [0.25, 0.3) is 11.0 Å². The Morgan fingerprint density at radius 1 is 1.03 bits per heavy atom. The Hall–Kier alpha value is -4.13. The molecule has 1 amide bonds. The Labute approximate surface area is 229 Å². The quantitative estimate of drug-likeness (QED) is 0.141. The van der Waals surface area contributed by atoms with Crippen molar-refractivity contribution in [2.45, 2.75) is 45.1 Å². The Morgan fingerprint density at radius 2 is 1.85 bits per heavy atom. The van der Waals surface area contributed by atoms with Gasteiger partial charge in [0.1, 0.15) is 11.6 Å². The second-order valence-electron chi connectivity index (χ2n) is 9.39. The molecule has 1 heterocycles. The number of methoxy groups -OCH3 is 1. The van der Waals surface area contributed by atoms with E-state index in [-0.39, 0.29) is 11.5 Å². The van der Waals surface area contributed by atoms with Gasteiger partial charge in [-0.3, -0.25) is 4.79 Å². The maximum Gasteiger partial charge on any atom is 0.254 e. The molecule has 0 aliphatic heterocycles. The smallest absolute Gasteiger partial charge is 0.254 e. The molecule has 0 radical (unpaired) electrons. The number of para-hydroxylation sites is 2. The zero-order valence-electron chi connectivity index (χ0n) is 22.5. The van der Waals surface area contributed by atoms with Crippen molar-refractivity contribution in [3.05, 3.63) is 102 Å². The van der Waals surface area contributed by atoms with Gasteiger partial charge in [-0.1, -0.05) is 42.8 Å². The van der Waals surface area contributed by atoms with E-state index in [4.69, 9.17) is 14.5 Å². The van der Waals surface area contributed by atoms with Crippen molar-refractivity contribution in [2.24, 2.45) is 0 Å². The third-order valence-electron chi connectivity index (χ3n) is 6.61. The maximum absolute atomic E-state index is 13.8. The van der Waals surface area contributed by atoms with E-state index in [0.717, 1.165) is 79.0 Å². The molecule has 4 rings (SSSR count). The summed E-state index contributed by atoms with van der Waals surface area (Å²) in [6.07, 6.45) is 7.03. The predicted molar refractivity (Wildman–Crippen MR) is 153 cm³/mol. The maximum atomic E-state index is 13.8. The normalized spacial score (nSPS) is 10.9. The first-order valence-corrected chi connectivity index (χ1v) is 13.5. The number of imidazole rings is 1. The van der Waals surface area contributed by atoms with Gasteiger partial charge in [0.05, 0.1) is 30.3 Å². The lowest BCUT2D eigenvalue weighted by molar-refractivity contribution is 0.0949. The molecule has 0 spiro atoms. The number of nitrogens with zero attached hydrogens (tertiary/aromatic N) is 2. The van der Waals surface area contributed by atoms with Gasteiger partial charge in [0.2, 0.25) is 0 Å². The summed E-state index contributed by atoms with van der Waals surface area (Å²) in [7, 11) is 1.65. The number of hydrogen-bond acceptors (Lipinski definition) is 4. The lowest BCUT2D eigenvalue weighted by Crippen LogP contribution is -2.25. The van der Waals surface area contributed by atoms with Gasteiger partial charge in [0.25, 0.3) is 5.91 Å². The molecule has 6 nitrogen and oxygen atoms in total. The molecule has 1 N–H and O–H groups in total. The number of benzene rings is 3. The SMILES string of the molecule is C=CCc1ccc(OCCCn2c(CCCCCNC(=O)c3ccccc3F)nc3ccccc32)c(OC)c1. The summed E-state index contributed by atoms with van der Waals surface area (Å²) in [6.45, 7) is 5.66. The third-order valence-corrected chi connectivity index (χ3v) is 6.61. The summed E-state index contributed by atoms with van der Waals surface area (Å²) >= 11 is 0. The van der Waals surface area contributed by atoms with Crippen molar-refractivity contribution in [3.63, 3.8) is 0 Å². The van der Waals surface area contributed by atoms with E-state index < -0.39 is 5.82 Å².